The number of carbonyl (C=O) groups is 12. The van der Waals surface area contributed by atoms with Crippen molar-refractivity contribution in [2.24, 2.45) is 23.7 Å². The molecule has 1 saturated carbocycles. The first-order chi connectivity index (χ1) is 46.1. The number of likely N-dealkylation sites (tertiary alicyclic amines) is 1. The third kappa shape index (κ3) is 22.8. The number of carbonyl (C=O) groups excluding carboxylic acids is 12. The Morgan fingerprint density at radius 1 is 0.582 bits per heavy atom. The number of piperidine rings is 1. The van der Waals surface area contributed by atoms with E-state index < -0.39 is 151 Å². The van der Waals surface area contributed by atoms with Crippen molar-refractivity contribution in [2.45, 2.75) is 200 Å². The Bertz CT molecular complexity index is 3120. The van der Waals surface area contributed by atoms with Crippen LogP contribution in [0.2, 0.25) is 0 Å². The molecule has 2 aromatic rings. The number of likely N-dealkylation sites (N-methyl/N-ethyl adjacent to an activating group) is 7. The lowest BCUT2D eigenvalue weighted by Crippen LogP contribution is -2.64. The van der Waals surface area contributed by atoms with E-state index in [-0.39, 0.29) is 49.9 Å². The summed E-state index contributed by atoms with van der Waals surface area (Å²) in [4.78, 5) is 188. The van der Waals surface area contributed by atoms with Crippen molar-refractivity contribution in [1.29, 1.82) is 0 Å². The van der Waals surface area contributed by atoms with E-state index in [1.54, 1.807) is 48.2 Å². The molecule has 3 fully saturated rings. The lowest BCUT2D eigenvalue weighted by molar-refractivity contribution is -0.152. The van der Waals surface area contributed by atoms with Crippen LogP contribution in [0, 0.1) is 27.2 Å². The molecule has 4 N–H and O–H groups in total. The second kappa shape index (κ2) is 37.7. The molecule has 8 atom stereocenters. The van der Waals surface area contributed by atoms with E-state index in [2.05, 4.69) is 43.9 Å². The van der Waals surface area contributed by atoms with Crippen molar-refractivity contribution in [3.05, 3.63) is 63.2 Å². The van der Waals surface area contributed by atoms with Gasteiger partial charge in [0.05, 0.1) is 33.2 Å². The standard InChI is InChI=1S/C72H111IN12O13/c1-17-47(6)63-70(96)80(11)43-61(88)78(9)44-62(89)82(13)57(40-48-25-20-18-21-26-48)68(94)79(10)42-59(86)74-53(39-50-27-24-28-51(73)37-50)64(90)75-55(38-49-29-31-52(98-16)32-30-49)67(93)84(15)72(7,8)71(97)76-54(35-45(2)3)66(92)83(14)58(69(95)85-33-22-19-23-34-85)41-60(87)81(12)56(36-46(4)5)65(91)77-63/h24,27-32,37,45-48,53-58,63H,17-23,25-26,33-36,38-44H2,1-16H3,(H,74,86)(H,75,90)(H,76,97)(H,77,91)/t47-,53-,54-,55-,56-,57-,58?,63-/m0/s1. The summed E-state index contributed by atoms with van der Waals surface area (Å²) >= 11 is 2.14. The number of benzene rings is 2. The number of methoxy groups -OCH3 is 1. The van der Waals surface area contributed by atoms with Crippen molar-refractivity contribution in [2.75, 3.05) is 89.2 Å². The summed E-state index contributed by atoms with van der Waals surface area (Å²) in [5, 5.41) is 11.6. The van der Waals surface area contributed by atoms with E-state index in [1.807, 2.05) is 46.8 Å². The fraction of sp³-hybridized carbons (Fsp3) is 0.667. The minimum absolute atomic E-state index is 0.0558. The zero-order valence-corrected chi connectivity index (χ0v) is 63.0. The summed E-state index contributed by atoms with van der Waals surface area (Å²) in [7, 11) is 11.5. The molecule has 0 spiro atoms. The number of halogens is 1. The number of nitrogens with one attached hydrogen (secondary N) is 4. The van der Waals surface area contributed by atoms with Gasteiger partial charge in [-0.05, 0) is 134 Å². The average Bonchev–Trinajstić information content (AvgIpc) is 0.809. The van der Waals surface area contributed by atoms with Gasteiger partial charge in [-0.3, -0.25) is 57.5 Å². The predicted octanol–water partition coefficient (Wildman–Crippen LogP) is 4.64. The van der Waals surface area contributed by atoms with Gasteiger partial charge in [0, 0.05) is 78.8 Å². The van der Waals surface area contributed by atoms with Crippen LogP contribution in [0.15, 0.2) is 48.5 Å². The quantitative estimate of drug-likeness (QED) is 0.188. The lowest BCUT2D eigenvalue weighted by atomic mass is 9.84. The van der Waals surface area contributed by atoms with Crippen molar-refractivity contribution in [3.63, 3.8) is 0 Å². The summed E-state index contributed by atoms with van der Waals surface area (Å²) < 4.78 is 6.26. The maximum atomic E-state index is 15.3. The Morgan fingerprint density at radius 3 is 1.76 bits per heavy atom. The van der Waals surface area contributed by atoms with Crippen LogP contribution in [0.3, 0.4) is 0 Å². The molecular formula is C72H111IN12O13. The van der Waals surface area contributed by atoms with E-state index in [1.165, 1.54) is 99.7 Å². The molecule has 2 aliphatic heterocycles. The highest BCUT2D eigenvalue weighted by molar-refractivity contribution is 14.1. The van der Waals surface area contributed by atoms with Crippen LogP contribution in [0.1, 0.15) is 150 Å². The molecule has 0 radical (unpaired) electrons. The van der Waals surface area contributed by atoms with Crippen molar-refractivity contribution >= 4 is 93.5 Å². The van der Waals surface area contributed by atoms with Crippen LogP contribution in [-0.4, -0.2) is 247 Å². The van der Waals surface area contributed by atoms with Crippen LogP contribution >= 0.6 is 22.6 Å². The lowest BCUT2D eigenvalue weighted by Gasteiger charge is -2.39. The molecule has 1 unspecified atom stereocenters. The van der Waals surface area contributed by atoms with Gasteiger partial charge < -0.3 is 65.2 Å². The van der Waals surface area contributed by atoms with Crippen LogP contribution < -0.4 is 26.0 Å². The maximum absolute atomic E-state index is 15.3. The molecule has 2 aromatic carbocycles. The monoisotopic (exact) mass is 1480 g/mol. The van der Waals surface area contributed by atoms with Crippen LogP contribution in [0.5, 0.6) is 5.75 Å². The molecule has 5 rings (SSSR count). The SMILES string of the molecule is CC[C@H](C)[C@@H]1NC(=O)[C@H](CC(C)C)N(C)C(=O)CC(C(=O)N2CCCCC2)N(C)C(=O)[C@H](CC(C)C)NC(=O)C(C)(C)N(C)C(=O)[C@H](Cc2ccc(OC)cc2)NC(=O)[C@H](Cc2cccc(I)c2)NC(=O)CN(C)C(=O)[C@H](CC2CCCCC2)N(C)C(=O)CN(C)C(=O)CN(C)C1=O. The van der Waals surface area contributed by atoms with Crippen molar-refractivity contribution in [1.82, 2.24) is 60.5 Å². The molecular weight excluding hydrogens is 1370 g/mol. The second-order valence-electron chi connectivity index (χ2n) is 28.7. The Kier molecular flexibility index (Phi) is 31.3. The molecule has 2 heterocycles. The molecule has 0 aromatic heterocycles. The van der Waals surface area contributed by atoms with E-state index in [4.69, 9.17) is 4.74 Å². The molecule has 2 saturated heterocycles. The zero-order valence-electron chi connectivity index (χ0n) is 60.9. The van der Waals surface area contributed by atoms with Crippen molar-refractivity contribution < 1.29 is 62.3 Å². The largest absolute Gasteiger partial charge is 0.497 e. The van der Waals surface area contributed by atoms with Gasteiger partial charge in [0.1, 0.15) is 53.6 Å². The first kappa shape index (κ1) is 81.3. The number of hydrogen-bond donors (Lipinski definition) is 4. The molecule has 25 nitrogen and oxygen atoms in total. The van der Waals surface area contributed by atoms with Crippen molar-refractivity contribution in [3.8, 4) is 5.75 Å². The highest BCUT2D eigenvalue weighted by Crippen LogP contribution is 2.30. The second-order valence-corrected chi connectivity index (χ2v) is 29.9. The minimum Gasteiger partial charge on any atom is -0.497 e. The number of nitrogens with zero attached hydrogens (tertiary/aromatic N) is 8. The Labute approximate surface area is 594 Å². The van der Waals surface area contributed by atoms with Crippen LogP contribution in [0.25, 0.3) is 0 Å². The van der Waals surface area contributed by atoms with Crippen LogP contribution in [0.4, 0.5) is 0 Å². The van der Waals surface area contributed by atoms with E-state index in [0.717, 1.165) is 47.0 Å². The molecule has 12 amide bonds. The summed E-state index contributed by atoms with van der Waals surface area (Å²) in [5.74, 6) is -8.11. The van der Waals surface area contributed by atoms with Gasteiger partial charge in [0.2, 0.25) is 70.9 Å². The Balaban J connectivity index is 1.64. The Morgan fingerprint density at radius 2 is 1.16 bits per heavy atom. The van der Waals surface area contributed by atoms with E-state index in [9.17, 15) is 38.4 Å². The van der Waals surface area contributed by atoms with Gasteiger partial charge in [-0.25, -0.2) is 0 Å². The normalized spacial score (nSPS) is 24.6. The summed E-state index contributed by atoms with van der Waals surface area (Å²) in [5.41, 5.74) is -0.493. The maximum Gasteiger partial charge on any atom is 0.246 e. The highest BCUT2D eigenvalue weighted by Gasteiger charge is 2.44. The zero-order chi connectivity index (χ0) is 73.0. The van der Waals surface area contributed by atoms with Gasteiger partial charge in [0.25, 0.3) is 0 Å². The third-order valence-corrected chi connectivity index (χ3v) is 20.4. The molecule has 98 heavy (non-hydrogen) atoms. The van der Waals surface area contributed by atoms with E-state index in [0.29, 0.717) is 49.2 Å². The topological polar surface area (TPSA) is 288 Å². The minimum atomic E-state index is -1.75. The fourth-order valence-corrected chi connectivity index (χ4v) is 13.5. The molecule has 0 bridgehead atoms. The third-order valence-electron chi connectivity index (χ3n) is 19.7. The predicted molar refractivity (Wildman–Crippen MR) is 381 cm³/mol. The first-order valence-corrected chi connectivity index (χ1v) is 35.8. The number of ether oxygens (including phenoxy) is 1. The van der Waals surface area contributed by atoms with E-state index >= 15 is 19.2 Å². The first-order valence-electron chi connectivity index (χ1n) is 34.8. The van der Waals surface area contributed by atoms with Crippen LogP contribution in [-0.2, 0) is 70.4 Å². The number of amides is 12. The smallest absolute Gasteiger partial charge is 0.246 e. The van der Waals surface area contributed by atoms with Gasteiger partial charge >= 0.3 is 0 Å². The fourth-order valence-electron chi connectivity index (χ4n) is 12.9. The molecule has 544 valence electrons. The van der Waals surface area contributed by atoms with Gasteiger partial charge in [-0.2, -0.15) is 0 Å². The molecule has 26 heteroatoms. The van der Waals surface area contributed by atoms with Gasteiger partial charge in [-0.15, -0.1) is 0 Å². The van der Waals surface area contributed by atoms with Gasteiger partial charge in [0.15, 0.2) is 0 Å². The summed E-state index contributed by atoms with van der Waals surface area (Å²) in [6, 6.07) is 5.28. The summed E-state index contributed by atoms with van der Waals surface area (Å²) in [6.45, 7) is 13.3. The average molecular weight is 1480 g/mol. The van der Waals surface area contributed by atoms with Gasteiger partial charge in [-0.1, -0.05) is 104 Å². The Hall–Kier alpha value is -7.39. The molecule has 3 aliphatic rings. The number of hydrogen-bond acceptors (Lipinski definition) is 13. The summed E-state index contributed by atoms with van der Waals surface area (Å²) in [6.07, 6.45) is 6.96. The molecule has 1 aliphatic carbocycles. The number of rotatable bonds is 14. The highest BCUT2D eigenvalue weighted by atomic mass is 127.